The van der Waals surface area contributed by atoms with E-state index in [4.69, 9.17) is 27.9 Å². The SMILES string of the molecule is CC(C)(C(=O)N1CCC2(CCOCC2)C1)c1ccc(Cl)c(Cl)c1. The first-order valence-electron chi connectivity index (χ1n) is 8.17. The van der Waals surface area contributed by atoms with Crippen LogP contribution in [0.3, 0.4) is 0 Å². The minimum atomic E-state index is -0.606. The number of carbonyl (C=O) groups excluding carboxylic acids is 1. The Balaban J connectivity index is 1.77. The van der Waals surface area contributed by atoms with Crippen molar-refractivity contribution in [3.8, 4) is 0 Å². The smallest absolute Gasteiger partial charge is 0.232 e. The number of hydrogen-bond donors (Lipinski definition) is 0. The maximum absolute atomic E-state index is 13.1. The fourth-order valence-corrected chi connectivity index (χ4v) is 4.02. The molecule has 2 saturated heterocycles. The van der Waals surface area contributed by atoms with E-state index < -0.39 is 5.41 Å². The van der Waals surface area contributed by atoms with E-state index in [1.54, 1.807) is 6.07 Å². The van der Waals surface area contributed by atoms with Gasteiger partial charge in [0.05, 0.1) is 15.5 Å². The monoisotopic (exact) mass is 355 g/mol. The van der Waals surface area contributed by atoms with Gasteiger partial charge >= 0.3 is 0 Å². The Morgan fingerprint density at radius 1 is 1.17 bits per heavy atom. The third-order valence-electron chi connectivity index (χ3n) is 5.45. The van der Waals surface area contributed by atoms with Crippen molar-refractivity contribution in [3.05, 3.63) is 33.8 Å². The van der Waals surface area contributed by atoms with Crippen LogP contribution >= 0.6 is 23.2 Å². The van der Waals surface area contributed by atoms with Crippen LogP contribution in [0.1, 0.15) is 38.7 Å². The second-order valence-corrected chi connectivity index (χ2v) is 8.16. The average molecular weight is 356 g/mol. The first-order chi connectivity index (χ1) is 10.8. The molecule has 2 aliphatic rings. The first-order valence-corrected chi connectivity index (χ1v) is 8.92. The molecule has 0 N–H and O–H groups in total. The molecule has 0 unspecified atom stereocenters. The first kappa shape index (κ1) is 17.1. The number of nitrogens with zero attached hydrogens (tertiary/aromatic N) is 1. The van der Waals surface area contributed by atoms with E-state index >= 15 is 0 Å². The fraction of sp³-hybridized carbons (Fsp3) is 0.611. The van der Waals surface area contributed by atoms with E-state index in [1.807, 2.05) is 30.9 Å². The molecular formula is C18H23Cl2NO2. The van der Waals surface area contributed by atoms with Gasteiger partial charge in [-0.3, -0.25) is 4.79 Å². The normalized spacial score (nSPS) is 21.0. The molecule has 3 nitrogen and oxygen atoms in total. The lowest BCUT2D eigenvalue weighted by Crippen LogP contribution is -2.44. The zero-order valence-corrected chi connectivity index (χ0v) is 15.2. The molecule has 1 aromatic rings. The van der Waals surface area contributed by atoms with E-state index in [0.29, 0.717) is 10.0 Å². The number of hydrogen-bond acceptors (Lipinski definition) is 2. The quantitative estimate of drug-likeness (QED) is 0.791. The zero-order valence-electron chi connectivity index (χ0n) is 13.7. The topological polar surface area (TPSA) is 29.5 Å². The maximum Gasteiger partial charge on any atom is 0.232 e. The van der Waals surface area contributed by atoms with E-state index in [1.165, 1.54) is 0 Å². The molecule has 3 rings (SSSR count). The Labute approximate surface area is 147 Å². The third kappa shape index (κ3) is 3.24. The van der Waals surface area contributed by atoms with Crippen LogP contribution in [0.5, 0.6) is 0 Å². The minimum Gasteiger partial charge on any atom is -0.381 e. The molecule has 1 spiro atoms. The van der Waals surface area contributed by atoms with Crippen molar-refractivity contribution >= 4 is 29.1 Å². The van der Waals surface area contributed by atoms with Crippen LogP contribution in [-0.4, -0.2) is 37.1 Å². The van der Waals surface area contributed by atoms with E-state index in [0.717, 1.165) is 51.1 Å². The molecule has 0 saturated carbocycles. The molecule has 0 aromatic heterocycles. The van der Waals surface area contributed by atoms with Crippen molar-refractivity contribution in [3.63, 3.8) is 0 Å². The van der Waals surface area contributed by atoms with Crippen LogP contribution in [0.15, 0.2) is 18.2 Å². The van der Waals surface area contributed by atoms with Crippen LogP contribution in [0, 0.1) is 5.41 Å². The van der Waals surface area contributed by atoms with Gasteiger partial charge in [-0.25, -0.2) is 0 Å². The van der Waals surface area contributed by atoms with Crippen LogP contribution < -0.4 is 0 Å². The number of carbonyl (C=O) groups is 1. The highest BCUT2D eigenvalue weighted by Crippen LogP contribution is 2.41. The second kappa shape index (κ2) is 6.27. The Bertz CT molecular complexity index is 609. The molecule has 5 heteroatoms. The van der Waals surface area contributed by atoms with Crippen LogP contribution in [0.25, 0.3) is 0 Å². The maximum atomic E-state index is 13.1. The molecule has 1 aromatic carbocycles. The Hall–Kier alpha value is -0.770. The molecule has 2 aliphatic heterocycles. The van der Waals surface area contributed by atoms with Gasteiger partial charge in [0.25, 0.3) is 0 Å². The minimum absolute atomic E-state index is 0.166. The van der Waals surface area contributed by atoms with Gasteiger partial charge in [0.1, 0.15) is 0 Å². The summed E-state index contributed by atoms with van der Waals surface area (Å²) in [4.78, 5) is 15.1. The van der Waals surface area contributed by atoms with Crippen LogP contribution in [0.4, 0.5) is 0 Å². The lowest BCUT2D eigenvalue weighted by Gasteiger charge is -2.35. The number of ether oxygens (including phenoxy) is 1. The third-order valence-corrected chi connectivity index (χ3v) is 6.19. The molecule has 0 radical (unpaired) electrons. The Morgan fingerprint density at radius 3 is 2.52 bits per heavy atom. The Kier molecular flexibility index (Phi) is 4.65. The summed E-state index contributed by atoms with van der Waals surface area (Å²) in [6.45, 7) is 7.24. The summed E-state index contributed by atoms with van der Waals surface area (Å²) >= 11 is 12.1. The number of halogens is 2. The van der Waals surface area contributed by atoms with Crippen molar-refractivity contribution in [1.29, 1.82) is 0 Å². The van der Waals surface area contributed by atoms with Crippen LogP contribution in [0.2, 0.25) is 10.0 Å². The van der Waals surface area contributed by atoms with Crippen molar-refractivity contribution in [2.45, 2.75) is 38.5 Å². The van der Waals surface area contributed by atoms with Crippen molar-refractivity contribution in [2.24, 2.45) is 5.41 Å². The molecule has 1 amide bonds. The van der Waals surface area contributed by atoms with Gasteiger partial charge < -0.3 is 9.64 Å². The summed E-state index contributed by atoms with van der Waals surface area (Å²) in [6, 6.07) is 5.46. The van der Waals surface area contributed by atoms with E-state index in [2.05, 4.69) is 0 Å². The van der Waals surface area contributed by atoms with Gasteiger partial charge in [0, 0.05) is 26.3 Å². The highest BCUT2D eigenvalue weighted by molar-refractivity contribution is 6.42. The molecular weight excluding hydrogens is 333 g/mol. The summed E-state index contributed by atoms with van der Waals surface area (Å²) in [5, 5.41) is 1.01. The van der Waals surface area contributed by atoms with Crippen molar-refractivity contribution < 1.29 is 9.53 Å². The van der Waals surface area contributed by atoms with Gasteiger partial charge in [-0.1, -0.05) is 29.3 Å². The van der Waals surface area contributed by atoms with Gasteiger partial charge in [-0.15, -0.1) is 0 Å². The Morgan fingerprint density at radius 2 is 1.87 bits per heavy atom. The summed E-state index contributed by atoms with van der Waals surface area (Å²) in [5.74, 6) is 0.166. The highest BCUT2D eigenvalue weighted by Gasteiger charge is 2.44. The average Bonchev–Trinajstić information content (AvgIpc) is 2.93. The van der Waals surface area contributed by atoms with Gasteiger partial charge in [0.2, 0.25) is 5.91 Å². The largest absolute Gasteiger partial charge is 0.381 e. The van der Waals surface area contributed by atoms with Gasteiger partial charge in [-0.05, 0) is 56.2 Å². The lowest BCUT2D eigenvalue weighted by atomic mass is 9.79. The second-order valence-electron chi connectivity index (χ2n) is 7.34. The molecule has 0 bridgehead atoms. The van der Waals surface area contributed by atoms with Gasteiger partial charge in [-0.2, -0.15) is 0 Å². The standard InChI is InChI=1S/C18H23Cl2NO2/c1-17(2,13-3-4-14(19)15(20)11-13)16(22)21-8-5-18(12-21)6-9-23-10-7-18/h3-4,11H,5-10,12H2,1-2H3. The zero-order chi connectivity index (χ0) is 16.7. The molecule has 2 heterocycles. The summed E-state index contributed by atoms with van der Waals surface area (Å²) in [5.41, 5.74) is 0.567. The number of benzene rings is 1. The van der Waals surface area contributed by atoms with Gasteiger partial charge in [0.15, 0.2) is 0 Å². The molecule has 2 fully saturated rings. The van der Waals surface area contributed by atoms with Crippen molar-refractivity contribution in [1.82, 2.24) is 4.90 Å². The molecule has 23 heavy (non-hydrogen) atoms. The molecule has 0 atom stereocenters. The molecule has 126 valence electrons. The fourth-order valence-electron chi connectivity index (χ4n) is 3.72. The lowest BCUT2D eigenvalue weighted by molar-refractivity contribution is -0.136. The summed E-state index contributed by atoms with van der Waals surface area (Å²) in [6.07, 6.45) is 3.20. The highest BCUT2D eigenvalue weighted by atomic mass is 35.5. The molecule has 0 aliphatic carbocycles. The number of rotatable bonds is 2. The number of amides is 1. The van der Waals surface area contributed by atoms with E-state index in [-0.39, 0.29) is 11.3 Å². The van der Waals surface area contributed by atoms with Crippen molar-refractivity contribution in [2.75, 3.05) is 26.3 Å². The van der Waals surface area contributed by atoms with Crippen LogP contribution in [-0.2, 0) is 14.9 Å². The van der Waals surface area contributed by atoms with E-state index in [9.17, 15) is 4.79 Å². The summed E-state index contributed by atoms with van der Waals surface area (Å²) in [7, 11) is 0. The predicted molar refractivity (Wildman–Crippen MR) is 93.2 cm³/mol. The number of likely N-dealkylation sites (tertiary alicyclic amines) is 1. The predicted octanol–water partition coefficient (Wildman–Crippen LogP) is 4.30. The summed E-state index contributed by atoms with van der Waals surface area (Å²) < 4.78 is 5.48.